The number of hydrogen-bond donors (Lipinski definition) is 0. The molecular weight excluding hydrogens is 283 g/mol. The lowest BCUT2D eigenvalue weighted by Crippen LogP contribution is -2.21. The quantitative estimate of drug-likeness (QED) is 0.727. The van der Waals surface area contributed by atoms with Gasteiger partial charge in [-0.05, 0) is 50.8 Å². The van der Waals surface area contributed by atoms with Crippen molar-refractivity contribution in [1.29, 1.82) is 0 Å². The molecule has 17 heavy (non-hydrogen) atoms. The van der Waals surface area contributed by atoms with Crippen LogP contribution in [0.5, 0.6) is 0 Å². The van der Waals surface area contributed by atoms with Crippen LogP contribution < -0.4 is 0 Å². The highest BCUT2D eigenvalue weighted by Crippen LogP contribution is 2.23. The number of alkyl halides is 1. The van der Waals surface area contributed by atoms with Crippen LogP contribution in [0.2, 0.25) is 0 Å². The number of rotatable bonds is 5. The topological polar surface area (TPSA) is 9.23 Å². The van der Waals surface area contributed by atoms with E-state index in [0.29, 0.717) is 12.5 Å². The van der Waals surface area contributed by atoms with Crippen LogP contribution in [0.25, 0.3) is 0 Å². The molecule has 3 heteroatoms. The van der Waals surface area contributed by atoms with Crippen LogP contribution in [0.1, 0.15) is 38.7 Å². The molecule has 1 unspecified atom stereocenters. The van der Waals surface area contributed by atoms with Gasteiger partial charge < -0.3 is 4.74 Å². The molecule has 1 aromatic carbocycles. The van der Waals surface area contributed by atoms with Gasteiger partial charge in [0, 0.05) is 11.9 Å². The molecule has 0 amide bonds. The van der Waals surface area contributed by atoms with Gasteiger partial charge in [-0.25, -0.2) is 4.39 Å². The van der Waals surface area contributed by atoms with E-state index in [0.717, 1.165) is 17.3 Å². The highest BCUT2D eigenvalue weighted by atomic mass is 79.9. The first kappa shape index (κ1) is 14.7. The molecule has 0 spiro atoms. The summed E-state index contributed by atoms with van der Waals surface area (Å²) in [6, 6.07) is 6.79. The van der Waals surface area contributed by atoms with Gasteiger partial charge in [-0.2, -0.15) is 0 Å². The van der Waals surface area contributed by atoms with Crippen molar-refractivity contribution in [3.05, 3.63) is 35.6 Å². The van der Waals surface area contributed by atoms with Crippen molar-refractivity contribution >= 4 is 15.9 Å². The Morgan fingerprint density at radius 2 is 2.06 bits per heavy atom. The van der Waals surface area contributed by atoms with E-state index in [2.05, 4.69) is 15.9 Å². The zero-order valence-electron chi connectivity index (χ0n) is 10.7. The molecule has 1 atom stereocenters. The Morgan fingerprint density at radius 1 is 1.35 bits per heavy atom. The predicted octanol–water partition coefficient (Wildman–Crippen LogP) is 4.51. The molecule has 96 valence electrons. The zero-order valence-corrected chi connectivity index (χ0v) is 12.3. The van der Waals surface area contributed by atoms with E-state index < -0.39 is 0 Å². The lowest BCUT2D eigenvalue weighted by Gasteiger charge is -2.22. The van der Waals surface area contributed by atoms with Gasteiger partial charge in [0.05, 0.1) is 5.60 Å². The summed E-state index contributed by atoms with van der Waals surface area (Å²) in [4.78, 5) is 0. The third-order valence-electron chi connectivity index (χ3n) is 2.51. The third-order valence-corrected chi connectivity index (χ3v) is 3.29. The van der Waals surface area contributed by atoms with Crippen LogP contribution in [0.3, 0.4) is 0 Å². The summed E-state index contributed by atoms with van der Waals surface area (Å²) >= 11 is 3.48. The van der Waals surface area contributed by atoms with Crippen molar-refractivity contribution in [1.82, 2.24) is 0 Å². The van der Waals surface area contributed by atoms with Crippen molar-refractivity contribution < 1.29 is 9.13 Å². The van der Waals surface area contributed by atoms with Crippen LogP contribution in [0, 0.1) is 5.82 Å². The molecule has 0 aromatic heterocycles. The summed E-state index contributed by atoms with van der Waals surface area (Å²) in [6.07, 6.45) is 0.895. The maximum absolute atomic E-state index is 13.1. The van der Waals surface area contributed by atoms with Gasteiger partial charge >= 0.3 is 0 Å². The molecule has 1 aromatic rings. The Labute approximate surface area is 111 Å². The average Bonchev–Trinajstić information content (AvgIpc) is 2.23. The van der Waals surface area contributed by atoms with Crippen LogP contribution >= 0.6 is 15.9 Å². The predicted molar refractivity (Wildman–Crippen MR) is 73.3 cm³/mol. The van der Waals surface area contributed by atoms with Gasteiger partial charge in [0.15, 0.2) is 0 Å². The standard InChI is InChI=1S/C14H20BrFO/c1-14(2,3)17-8-7-12(10-15)11-5-4-6-13(16)9-11/h4-6,9,12H,7-8,10H2,1-3H3. The molecule has 1 rings (SSSR count). The lowest BCUT2D eigenvalue weighted by molar-refractivity contribution is -0.00560. The second kappa shape index (κ2) is 6.50. The lowest BCUT2D eigenvalue weighted by atomic mass is 9.98. The van der Waals surface area contributed by atoms with E-state index in [9.17, 15) is 4.39 Å². The molecule has 0 N–H and O–H groups in total. The van der Waals surface area contributed by atoms with E-state index in [1.807, 2.05) is 26.8 Å². The summed E-state index contributed by atoms with van der Waals surface area (Å²) in [5.74, 6) is 0.123. The number of hydrogen-bond acceptors (Lipinski definition) is 1. The van der Waals surface area contributed by atoms with Crippen molar-refractivity contribution in [2.45, 2.75) is 38.7 Å². The largest absolute Gasteiger partial charge is 0.376 e. The second-order valence-electron chi connectivity index (χ2n) is 5.16. The SMILES string of the molecule is CC(C)(C)OCCC(CBr)c1cccc(F)c1. The average molecular weight is 303 g/mol. The highest BCUT2D eigenvalue weighted by molar-refractivity contribution is 9.09. The van der Waals surface area contributed by atoms with E-state index in [-0.39, 0.29) is 11.4 Å². The van der Waals surface area contributed by atoms with Crippen molar-refractivity contribution in [2.24, 2.45) is 0 Å². The van der Waals surface area contributed by atoms with Crippen molar-refractivity contribution in [3.63, 3.8) is 0 Å². The number of ether oxygens (including phenoxy) is 1. The van der Waals surface area contributed by atoms with Gasteiger partial charge in [-0.15, -0.1) is 0 Å². The fourth-order valence-corrected chi connectivity index (χ4v) is 2.30. The first-order valence-electron chi connectivity index (χ1n) is 5.88. The molecule has 0 saturated heterocycles. The molecule has 0 aliphatic carbocycles. The van der Waals surface area contributed by atoms with E-state index in [1.54, 1.807) is 12.1 Å². The molecule has 0 bridgehead atoms. The molecule has 0 aliphatic heterocycles. The summed E-state index contributed by atoms with van der Waals surface area (Å²) in [5.41, 5.74) is 0.915. The monoisotopic (exact) mass is 302 g/mol. The van der Waals surface area contributed by atoms with Crippen molar-refractivity contribution in [2.75, 3.05) is 11.9 Å². The van der Waals surface area contributed by atoms with Crippen LogP contribution in [-0.4, -0.2) is 17.5 Å². The van der Waals surface area contributed by atoms with Gasteiger partial charge in [-0.1, -0.05) is 28.1 Å². The maximum atomic E-state index is 13.1. The van der Waals surface area contributed by atoms with E-state index in [4.69, 9.17) is 4.74 Å². The van der Waals surface area contributed by atoms with Crippen LogP contribution in [-0.2, 0) is 4.74 Å². The summed E-state index contributed by atoms with van der Waals surface area (Å²) in [5, 5.41) is 0.823. The molecule has 0 radical (unpaired) electrons. The van der Waals surface area contributed by atoms with Crippen LogP contribution in [0.15, 0.2) is 24.3 Å². The first-order valence-corrected chi connectivity index (χ1v) is 7.00. The van der Waals surface area contributed by atoms with E-state index in [1.165, 1.54) is 6.07 Å². The summed E-state index contributed by atoms with van der Waals surface area (Å²) in [6.45, 7) is 6.81. The number of benzene rings is 1. The fourth-order valence-electron chi connectivity index (χ4n) is 1.60. The second-order valence-corrected chi connectivity index (χ2v) is 5.80. The molecule has 0 saturated carbocycles. The molecule has 0 aliphatic rings. The smallest absolute Gasteiger partial charge is 0.123 e. The van der Waals surface area contributed by atoms with E-state index >= 15 is 0 Å². The molecule has 0 heterocycles. The minimum atomic E-state index is -0.176. The molecule has 0 fully saturated rings. The zero-order chi connectivity index (χ0) is 12.9. The fraction of sp³-hybridized carbons (Fsp3) is 0.571. The van der Waals surface area contributed by atoms with Gasteiger partial charge in [-0.3, -0.25) is 0 Å². The summed E-state index contributed by atoms with van der Waals surface area (Å²) < 4.78 is 18.8. The number of halogens is 2. The Bertz CT molecular complexity index is 346. The van der Waals surface area contributed by atoms with Gasteiger partial charge in [0.1, 0.15) is 5.82 Å². The summed E-state index contributed by atoms with van der Waals surface area (Å²) in [7, 11) is 0. The maximum Gasteiger partial charge on any atom is 0.123 e. The molecular formula is C14H20BrFO. The van der Waals surface area contributed by atoms with Gasteiger partial charge in [0.25, 0.3) is 0 Å². The Kier molecular flexibility index (Phi) is 5.60. The Hall–Kier alpha value is -0.410. The van der Waals surface area contributed by atoms with Crippen LogP contribution in [0.4, 0.5) is 4.39 Å². The first-order chi connectivity index (χ1) is 7.92. The minimum Gasteiger partial charge on any atom is -0.376 e. The third kappa shape index (κ3) is 5.64. The minimum absolute atomic E-state index is 0.112. The van der Waals surface area contributed by atoms with Gasteiger partial charge in [0.2, 0.25) is 0 Å². The van der Waals surface area contributed by atoms with Crippen molar-refractivity contribution in [3.8, 4) is 0 Å². The Balaban J connectivity index is 2.54. The molecule has 1 nitrogen and oxygen atoms in total. The Morgan fingerprint density at radius 3 is 2.59 bits per heavy atom. The highest BCUT2D eigenvalue weighted by Gasteiger charge is 2.14. The normalized spacial score (nSPS) is 13.7.